The van der Waals surface area contributed by atoms with E-state index in [1.54, 1.807) is 0 Å². The molecule has 7 nitrogen and oxygen atoms in total. The molecular weight excluding hydrogens is 626 g/mol. The number of hydrogen-bond donors (Lipinski definition) is 4. The van der Waals surface area contributed by atoms with Gasteiger partial charge >= 0.3 is 0 Å². The molecule has 3 aromatic carbocycles. The number of ketones is 1. The van der Waals surface area contributed by atoms with Gasteiger partial charge in [-0.1, -0.05) is 85.3 Å². The number of ether oxygens (including phenoxy) is 1. The Balaban J connectivity index is 1.38. The summed E-state index contributed by atoms with van der Waals surface area (Å²) in [4.78, 5) is 16.6. The van der Waals surface area contributed by atoms with Crippen molar-refractivity contribution in [2.24, 2.45) is 5.41 Å². The van der Waals surface area contributed by atoms with Crippen molar-refractivity contribution in [3.8, 4) is 11.1 Å². The molecular formula is C43H55NO6. The largest absolute Gasteiger partial charge is 0.394 e. The second-order valence-corrected chi connectivity index (χ2v) is 15.4. The number of benzene rings is 3. The van der Waals surface area contributed by atoms with Gasteiger partial charge in [-0.2, -0.15) is 0 Å². The van der Waals surface area contributed by atoms with E-state index in [9.17, 15) is 25.2 Å². The van der Waals surface area contributed by atoms with E-state index in [4.69, 9.17) is 4.74 Å². The number of fused-ring (bicyclic) bond motifs is 8. The van der Waals surface area contributed by atoms with Gasteiger partial charge in [-0.25, -0.2) is 0 Å². The van der Waals surface area contributed by atoms with Gasteiger partial charge in [0.15, 0.2) is 5.78 Å². The Morgan fingerprint density at radius 3 is 2.48 bits per heavy atom. The fourth-order valence-electron chi connectivity index (χ4n) is 8.80. The van der Waals surface area contributed by atoms with Crippen LogP contribution in [0, 0.1) is 5.41 Å². The van der Waals surface area contributed by atoms with Crippen LogP contribution in [0.15, 0.2) is 84.4 Å². The molecule has 3 aromatic rings. The first-order valence-electron chi connectivity index (χ1n) is 18.6. The molecule has 0 aromatic heterocycles. The summed E-state index contributed by atoms with van der Waals surface area (Å²) in [7, 11) is 0. The zero-order valence-corrected chi connectivity index (χ0v) is 29.8. The second kappa shape index (κ2) is 16.0. The summed E-state index contributed by atoms with van der Waals surface area (Å²) < 4.78 is 5.96. The van der Waals surface area contributed by atoms with Gasteiger partial charge in [0.2, 0.25) is 0 Å². The van der Waals surface area contributed by atoms with E-state index in [-0.39, 0.29) is 31.0 Å². The highest BCUT2D eigenvalue weighted by atomic mass is 16.5. The van der Waals surface area contributed by atoms with Crippen molar-refractivity contribution in [3.63, 3.8) is 0 Å². The van der Waals surface area contributed by atoms with E-state index in [1.165, 1.54) is 5.57 Å². The van der Waals surface area contributed by atoms with Crippen molar-refractivity contribution in [2.75, 3.05) is 32.8 Å². The normalized spacial score (nSPS) is 27.9. The number of allylic oxidation sites excluding steroid dienone is 2. The lowest BCUT2D eigenvalue weighted by Crippen LogP contribution is -2.55. The highest BCUT2D eigenvalue weighted by Crippen LogP contribution is 2.59. The molecule has 0 amide bonds. The fraction of sp³-hybridized carbons (Fsp3) is 0.512. The smallest absolute Gasteiger partial charge is 0.193 e. The van der Waals surface area contributed by atoms with Crippen molar-refractivity contribution in [2.45, 2.75) is 101 Å². The molecule has 50 heavy (non-hydrogen) atoms. The monoisotopic (exact) mass is 681 g/mol. The molecule has 1 saturated carbocycles. The van der Waals surface area contributed by atoms with Crippen LogP contribution in [-0.2, 0) is 11.2 Å². The molecule has 268 valence electrons. The first kappa shape index (κ1) is 36.6. The Morgan fingerprint density at radius 1 is 1.00 bits per heavy atom. The number of aliphatic hydroxyl groups excluding tert-OH is 3. The summed E-state index contributed by atoms with van der Waals surface area (Å²) in [5, 5.41) is 44.1. The summed E-state index contributed by atoms with van der Waals surface area (Å²) in [6.07, 6.45) is 7.43. The number of nitrogens with zero attached hydrogens (tertiary/aromatic N) is 1. The Labute approximate surface area is 297 Å². The summed E-state index contributed by atoms with van der Waals surface area (Å²) in [6, 6.07) is 24.0. The maximum Gasteiger partial charge on any atom is 0.193 e. The van der Waals surface area contributed by atoms with Gasteiger partial charge < -0.3 is 25.2 Å². The third kappa shape index (κ3) is 8.14. The molecule has 1 aliphatic heterocycles. The molecule has 0 spiro atoms. The van der Waals surface area contributed by atoms with Crippen molar-refractivity contribution >= 4 is 5.78 Å². The molecule has 0 unspecified atom stereocenters. The molecule has 3 aliphatic carbocycles. The summed E-state index contributed by atoms with van der Waals surface area (Å²) >= 11 is 0. The molecule has 7 heteroatoms. The molecule has 2 fully saturated rings. The van der Waals surface area contributed by atoms with Crippen LogP contribution in [0.5, 0.6) is 0 Å². The first-order valence-corrected chi connectivity index (χ1v) is 18.6. The van der Waals surface area contributed by atoms with E-state index >= 15 is 0 Å². The van der Waals surface area contributed by atoms with Crippen LogP contribution < -0.4 is 0 Å². The Bertz CT molecular complexity index is 1620. The van der Waals surface area contributed by atoms with Gasteiger partial charge in [-0.05, 0) is 98.9 Å². The van der Waals surface area contributed by atoms with Crippen molar-refractivity contribution in [1.29, 1.82) is 0 Å². The predicted octanol–water partition coefficient (Wildman–Crippen LogP) is 6.46. The van der Waals surface area contributed by atoms with Gasteiger partial charge in [0, 0.05) is 42.8 Å². The molecule has 4 N–H and O–H groups in total. The Morgan fingerprint density at radius 2 is 1.76 bits per heavy atom. The van der Waals surface area contributed by atoms with Gasteiger partial charge in [0.25, 0.3) is 0 Å². The van der Waals surface area contributed by atoms with Crippen LogP contribution in [0.3, 0.4) is 0 Å². The van der Waals surface area contributed by atoms with Crippen LogP contribution in [0.4, 0.5) is 0 Å². The minimum Gasteiger partial charge on any atom is -0.394 e. The zero-order chi connectivity index (χ0) is 35.3. The number of carbonyl (C=O) groups excluding carboxylic acids is 1. The average Bonchev–Trinajstić information content (AvgIpc) is 3.72. The minimum atomic E-state index is -1.11. The van der Waals surface area contributed by atoms with Gasteiger partial charge in [0.1, 0.15) is 0 Å². The van der Waals surface area contributed by atoms with E-state index in [0.717, 1.165) is 54.5 Å². The highest BCUT2D eigenvalue weighted by molar-refractivity contribution is 6.10. The van der Waals surface area contributed by atoms with Crippen LogP contribution >= 0.6 is 0 Å². The number of aliphatic hydroxyl groups is 4. The highest BCUT2D eigenvalue weighted by Gasteiger charge is 2.57. The standard InChI is InChI=1S/C43H55NO6/c1-30-8-6-21-42(2)40(20-22-43(42,49)29-44(26-36(47)28-45)27-37-11-7-23-50-37)38-19-13-31(24-35(46)18-12-30)25-39(38)41(48)34-16-14-33(15-17-34)32-9-4-3-5-10-32/h3-5,8-10,13-17,19,25,35-37,40,45-47,49H,6-7,11-12,18,20-24,26-29H2,1-2H3/t35-,36-,37+,40-,42-,43+/m0/s1. The van der Waals surface area contributed by atoms with Gasteiger partial charge in [-0.3, -0.25) is 9.69 Å². The van der Waals surface area contributed by atoms with Crippen LogP contribution in [0.1, 0.15) is 98.2 Å². The van der Waals surface area contributed by atoms with Crippen LogP contribution in [0.25, 0.3) is 11.1 Å². The van der Waals surface area contributed by atoms with Crippen molar-refractivity contribution in [1.82, 2.24) is 4.90 Å². The summed E-state index contributed by atoms with van der Waals surface area (Å²) in [5.74, 6) is -0.152. The lowest BCUT2D eigenvalue weighted by molar-refractivity contribution is -0.0945. The predicted molar refractivity (Wildman–Crippen MR) is 197 cm³/mol. The lowest BCUT2D eigenvalue weighted by Gasteiger charge is -2.46. The Kier molecular flexibility index (Phi) is 11.7. The lowest BCUT2D eigenvalue weighted by atomic mass is 9.64. The molecule has 1 saturated heterocycles. The van der Waals surface area contributed by atoms with Crippen molar-refractivity contribution in [3.05, 3.63) is 107 Å². The summed E-state index contributed by atoms with van der Waals surface area (Å²) in [5.41, 5.74) is 4.78. The quantitative estimate of drug-likeness (QED) is 0.144. The maximum atomic E-state index is 14.5. The van der Waals surface area contributed by atoms with Crippen LogP contribution in [-0.4, -0.2) is 87.9 Å². The number of hydrogen-bond acceptors (Lipinski definition) is 7. The average molecular weight is 682 g/mol. The summed E-state index contributed by atoms with van der Waals surface area (Å²) in [6.45, 7) is 5.85. The number of carbonyl (C=O) groups is 1. The second-order valence-electron chi connectivity index (χ2n) is 15.4. The molecule has 2 bridgehead atoms. The van der Waals surface area contributed by atoms with Crippen molar-refractivity contribution < 1.29 is 30.0 Å². The zero-order valence-electron chi connectivity index (χ0n) is 29.8. The van der Waals surface area contributed by atoms with Gasteiger partial charge in [-0.15, -0.1) is 0 Å². The number of rotatable bonds is 10. The Hall–Kier alpha value is -3.17. The topological polar surface area (TPSA) is 110 Å². The van der Waals surface area contributed by atoms with E-state index in [2.05, 4.69) is 49.1 Å². The first-order chi connectivity index (χ1) is 24.1. The van der Waals surface area contributed by atoms with E-state index in [0.29, 0.717) is 56.3 Å². The molecule has 7 rings (SSSR count). The van der Waals surface area contributed by atoms with Crippen LogP contribution in [0.2, 0.25) is 0 Å². The molecule has 0 radical (unpaired) electrons. The third-order valence-electron chi connectivity index (χ3n) is 11.8. The molecule has 4 aliphatic rings. The van der Waals surface area contributed by atoms with Gasteiger partial charge in [0.05, 0.1) is 30.5 Å². The maximum absolute atomic E-state index is 14.5. The third-order valence-corrected chi connectivity index (χ3v) is 11.8. The SMILES string of the molecule is CC1=CCC[C@@]2(C)[C@@H](CC[C@@]2(O)CN(C[C@H](O)CO)C[C@H]2CCCO2)c2ccc(cc2C(=O)c2ccc(-c3ccccc3)cc2)C[C@@H](O)CC1. The molecule has 6 atom stereocenters. The fourth-order valence-corrected chi connectivity index (χ4v) is 8.80. The minimum absolute atomic E-state index is 0.0319. The molecule has 1 heterocycles. The van der Waals surface area contributed by atoms with E-state index < -0.39 is 23.2 Å². The van der Waals surface area contributed by atoms with E-state index in [1.807, 2.05) is 48.5 Å².